The zero-order valence-electron chi connectivity index (χ0n) is 37.2. The van der Waals surface area contributed by atoms with Crippen molar-refractivity contribution >= 4 is 48.1 Å². The predicted octanol–water partition coefficient (Wildman–Crippen LogP) is 17.7. The summed E-state index contributed by atoms with van der Waals surface area (Å²) >= 11 is -0.826. The summed E-state index contributed by atoms with van der Waals surface area (Å²) in [6.07, 6.45) is 2.14. The van der Waals surface area contributed by atoms with Gasteiger partial charge in [-0.3, -0.25) is 0 Å². The van der Waals surface area contributed by atoms with E-state index in [-0.39, 0.29) is 10.8 Å². The number of aryl methyl sites for hydroxylation is 2. The fraction of sp³-hybridized carbons (Fsp3) is 0.250. The Morgan fingerprint density at radius 2 is 0.767 bits per heavy atom. The zero-order chi connectivity index (χ0) is 43.5. The number of hydrogen-bond acceptors (Lipinski definition) is 0. The molecule has 2 radical (unpaired) electrons. The average molecular weight is 923 g/mol. The summed E-state index contributed by atoms with van der Waals surface area (Å²) in [4.78, 5) is 0. The van der Waals surface area contributed by atoms with Gasteiger partial charge in [-0.05, 0) is 57.1 Å². The van der Waals surface area contributed by atoms with Gasteiger partial charge in [0, 0.05) is 9.52 Å². The van der Waals surface area contributed by atoms with E-state index in [4.69, 9.17) is 17.0 Å². The van der Waals surface area contributed by atoms with Crippen LogP contribution in [-0.2, 0) is 44.5 Å². The van der Waals surface area contributed by atoms with Crippen molar-refractivity contribution in [1.82, 2.24) is 0 Å². The average Bonchev–Trinajstić information content (AvgIpc) is 3.88. The first-order valence-electron chi connectivity index (χ1n) is 21.1. The van der Waals surface area contributed by atoms with Crippen LogP contribution in [0.3, 0.4) is 0 Å². The summed E-state index contributed by atoms with van der Waals surface area (Å²) in [5.41, 5.74) is 16.4. The SMILES string of the molecule is CCc1cc2c(-c3ccccc3-c3ccccc3)c(C(C)(C)C)ccc2[cH-]1.CCc1cc2c(-c3ccccc3-c3ccccc3)c(C(C)(C)C)ccc2[cH-]1.C[Si]C.[Cl][Zr+2][Cl]. The molecule has 0 atom stereocenters. The molecule has 0 fully saturated rings. The minimum absolute atomic E-state index is 0.0803. The van der Waals surface area contributed by atoms with Crippen LogP contribution in [0.2, 0.25) is 13.1 Å². The maximum atomic E-state index is 4.93. The topological polar surface area (TPSA) is 0 Å². The van der Waals surface area contributed by atoms with Gasteiger partial charge in [0.05, 0.1) is 0 Å². The first-order chi connectivity index (χ1) is 28.8. The summed E-state index contributed by atoms with van der Waals surface area (Å²) in [7, 11) is 11.0. The molecule has 8 rings (SSSR count). The molecule has 0 aromatic heterocycles. The third-order valence-corrected chi connectivity index (χ3v) is 10.9. The molecule has 0 bridgehead atoms. The quantitative estimate of drug-likeness (QED) is 0.115. The molecule has 0 N–H and O–H groups in total. The molecule has 4 heteroatoms. The molecule has 0 aliphatic rings. The second-order valence-corrected chi connectivity index (χ2v) is 22.0. The van der Waals surface area contributed by atoms with Crippen LogP contribution in [0, 0.1) is 0 Å². The Balaban J connectivity index is 0.000000201. The summed E-state index contributed by atoms with van der Waals surface area (Å²) in [5.74, 6) is 0. The van der Waals surface area contributed by atoms with Crippen molar-refractivity contribution < 1.29 is 20.8 Å². The fourth-order valence-electron chi connectivity index (χ4n) is 8.07. The van der Waals surface area contributed by atoms with Gasteiger partial charge in [-0.25, -0.2) is 0 Å². The first kappa shape index (κ1) is 47.3. The molecule has 0 unspecified atom stereocenters. The van der Waals surface area contributed by atoms with Gasteiger partial charge < -0.3 is 0 Å². The van der Waals surface area contributed by atoms with Crippen molar-refractivity contribution in [3.05, 3.63) is 180 Å². The molecule has 8 aromatic rings. The van der Waals surface area contributed by atoms with E-state index in [1.165, 1.54) is 88.3 Å². The van der Waals surface area contributed by atoms with E-state index in [1.807, 2.05) is 0 Å². The molecule has 0 aliphatic carbocycles. The molecular weight excluding hydrogens is 863 g/mol. The van der Waals surface area contributed by atoms with Crippen LogP contribution in [0.1, 0.15) is 77.6 Å². The summed E-state index contributed by atoms with van der Waals surface area (Å²) in [6.45, 7) is 22.6. The molecule has 0 saturated carbocycles. The second-order valence-electron chi connectivity index (χ2n) is 17.3. The fourth-order valence-corrected chi connectivity index (χ4v) is 8.07. The molecule has 306 valence electrons. The Labute approximate surface area is 382 Å². The molecule has 0 heterocycles. The van der Waals surface area contributed by atoms with Crippen molar-refractivity contribution in [2.45, 2.75) is 92.2 Å². The van der Waals surface area contributed by atoms with Crippen LogP contribution in [0.15, 0.2) is 158 Å². The van der Waals surface area contributed by atoms with Gasteiger partial charge in [0.1, 0.15) is 0 Å². The van der Waals surface area contributed by atoms with Gasteiger partial charge in [0.25, 0.3) is 0 Å². The molecule has 60 heavy (non-hydrogen) atoms. The van der Waals surface area contributed by atoms with Gasteiger partial charge in [-0.2, -0.15) is 12.1 Å². The monoisotopic (exact) mass is 920 g/mol. The second kappa shape index (κ2) is 21.8. The predicted molar refractivity (Wildman–Crippen MR) is 266 cm³/mol. The van der Waals surface area contributed by atoms with Crippen LogP contribution in [0.4, 0.5) is 0 Å². The number of rotatable bonds is 6. The maximum absolute atomic E-state index is 4.93. The normalized spacial score (nSPS) is 11.1. The Hall–Kier alpha value is -3.78. The molecule has 0 saturated heterocycles. The first-order valence-corrected chi connectivity index (χ1v) is 29.4. The Kier molecular flexibility index (Phi) is 17.2. The van der Waals surface area contributed by atoms with E-state index in [1.54, 1.807) is 0 Å². The number of fused-ring (bicyclic) bond motifs is 2. The van der Waals surface area contributed by atoms with E-state index in [2.05, 4.69) is 226 Å². The van der Waals surface area contributed by atoms with E-state index < -0.39 is 20.8 Å². The Morgan fingerprint density at radius 3 is 1.07 bits per heavy atom. The van der Waals surface area contributed by atoms with Crippen LogP contribution in [0.5, 0.6) is 0 Å². The van der Waals surface area contributed by atoms with Crippen LogP contribution in [0.25, 0.3) is 66.1 Å². The van der Waals surface area contributed by atoms with Crippen molar-refractivity contribution in [2.24, 2.45) is 0 Å². The van der Waals surface area contributed by atoms with Crippen molar-refractivity contribution in [3.8, 4) is 44.5 Å². The minimum atomic E-state index is -0.826. The molecule has 0 spiro atoms. The third-order valence-electron chi connectivity index (χ3n) is 10.9. The van der Waals surface area contributed by atoms with Gasteiger partial charge >= 0.3 is 37.9 Å². The van der Waals surface area contributed by atoms with Crippen LogP contribution in [-0.4, -0.2) is 9.52 Å². The van der Waals surface area contributed by atoms with Crippen molar-refractivity contribution in [2.75, 3.05) is 0 Å². The molecular formula is C56H60Cl2SiZr. The molecule has 0 aliphatic heterocycles. The van der Waals surface area contributed by atoms with E-state index in [0.29, 0.717) is 0 Å². The van der Waals surface area contributed by atoms with E-state index >= 15 is 0 Å². The number of benzene rings is 6. The summed E-state index contributed by atoms with van der Waals surface area (Å²) < 4.78 is 0. The zero-order valence-corrected chi connectivity index (χ0v) is 42.2. The van der Waals surface area contributed by atoms with E-state index in [0.717, 1.165) is 22.4 Å². The number of hydrogen-bond donors (Lipinski definition) is 0. The van der Waals surface area contributed by atoms with Gasteiger partial charge in [-0.15, -0.1) is 69.1 Å². The van der Waals surface area contributed by atoms with Crippen molar-refractivity contribution in [3.63, 3.8) is 0 Å². The van der Waals surface area contributed by atoms with E-state index in [9.17, 15) is 0 Å². The number of halogens is 2. The van der Waals surface area contributed by atoms with Crippen molar-refractivity contribution in [1.29, 1.82) is 0 Å². The Bertz CT molecular complexity index is 2380. The molecule has 8 aromatic carbocycles. The Morgan fingerprint density at radius 1 is 0.467 bits per heavy atom. The standard InChI is InChI=1S/2C27H27.C2H6Si.2ClH.Zr/c2*1-5-19-17-21-15-16-25(27(2,3)4)26(24(21)18-19)23-14-10-9-13-22(23)20-11-7-6-8-12-20;1-3-2;;;/h2*6-18H,5H2,1-4H3;1-2H3;2*1H;/q2*-1;;;;+4/p-2. The summed E-state index contributed by atoms with van der Waals surface area (Å²) in [6, 6.07) is 57.9. The van der Waals surface area contributed by atoms with Crippen LogP contribution >= 0.6 is 17.0 Å². The van der Waals surface area contributed by atoms with Gasteiger partial charge in [0.15, 0.2) is 0 Å². The molecule has 0 nitrogen and oxygen atoms in total. The summed E-state index contributed by atoms with van der Waals surface area (Å²) in [5, 5.41) is 5.45. The van der Waals surface area contributed by atoms with Gasteiger partial charge in [-0.1, -0.05) is 200 Å². The van der Waals surface area contributed by atoms with Crippen LogP contribution < -0.4 is 0 Å². The van der Waals surface area contributed by atoms with Gasteiger partial charge in [0.2, 0.25) is 0 Å². The molecule has 0 amide bonds. The third kappa shape index (κ3) is 11.4.